The number of hydrogen-bond acceptors (Lipinski definition) is 6. The van der Waals surface area contributed by atoms with Gasteiger partial charge in [-0.25, -0.2) is 0 Å². The highest BCUT2D eigenvalue weighted by Crippen LogP contribution is 2.16. The van der Waals surface area contributed by atoms with Gasteiger partial charge in [-0.05, 0) is 77.0 Å². The second kappa shape index (κ2) is 57.2. The molecule has 0 aliphatic carbocycles. The van der Waals surface area contributed by atoms with Crippen molar-refractivity contribution in [2.24, 2.45) is 0 Å². The van der Waals surface area contributed by atoms with Crippen molar-refractivity contribution in [2.45, 2.75) is 329 Å². The van der Waals surface area contributed by atoms with Crippen molar-refractivity contribution in [2.75, 3.05) is 13.2 Å². The average molecular weight is 956 g/mol. The summed E-state index contributed by atoms with van der Waals surface area (Å²) in [5, 5.41) is 0. The Balaban J connectivity index is 4.26. The third-order valence-corrected chi connectivity index (χ3v) is 13.4. The fraction of sp³-hybridized carbons (Fsp3) is 0.855. The number of hydrogen-bond donors (Lipinski definition) is 0. The van der Waals surface area contributed by atoms with Crippen molar-refractivity contribution >= 4 is 17.9 Å². The van der Waals surface area contributed by atoms with Crippen LogP contribution in [0.25, 0.3) is 0 Å². The summed E-state index contributed by atoms with van der Waals surface area (Å²) in [6, 6.07) is 0. The number of unbranched alkanes of at least 4 members (excludes halogenated alkanes) is 38. The van der Waals surface area contributed by atoms with Gasteiger partial charge < -0.3 is 14.2 Å². The summed E-state index contributed by atoms with van der Waals surface area (Å²) in [4.78, 5) is 38.1. The smallest absolute Gasteiger partial charge is 0.306 e. The van der Waals surface area contributed by atoms with Crippen LogP contribution < -0.4 is 0 Å². The molecule has 0 saturated carbocycles. The molecule has 1 atom stereocenters. The third-order valence-electron chi connectivity index (χ3n) is 13.4. The van der Waals surface area contributed by atoms with Crippen LogP contribution in [-0.4, -0.2) is 37.2 Å². The molecule has 0 fully saturated rings. The molecule has 1 unspecified atom stereocenters. The summed E-state index contributed by atoms with van der Waals surface area (Å²) in [6.45, 7) is 6.64. The van der Waals surface area contributed by atoms with E-state index in [1.807, 2.05) is 0 Å². The van der Waals surface area contributed by atoms with Gasteiger partial charge in [0.2, 0.25) is 0 Å². The second-order valence-electron chi connectivity index (χ2n) is 20.3. The lowest BCUT2D eigenvalue weighted by molar-refractivity contribution is -0.167. The van der Waals surface area contributed by atoms with Gasteiger partial charge in [-0.15, -0.1) is 0 Å². The van der Waals surface area contributed by atoms with Gasteiger partial charge in [0.1, 0.15) is 13.2 Å². The van der Waals surface area contributed by atoms with E-state index in [-0.39, 0.29) is 31.1 Å². The van der Waals surface area contributed by atoms with Gasteiger partial charge in [0.15, 0.2) is 6.10 Å². The van der Waals surface area contributed by atoms with Crippen molar-refractivity contribution < 1.29 is 28.6 Å². The minimum Gasteiger partial charge on any atom is -0.462 e. The number of ether oxygens (including phenoxy) is 3. The molecule has 6 heteroatoms. The Bertz CT molecular complexity index is 1140. The average Bonchev–Trinajstić information content (AvgIpc) is 3.34. The van der Waals surface area contributed by atoms with Gasteiger partial charge in [-0.3, -0.25) is 14.4 Å². The van der Waals surface area contributed by atoms with E-state index in [9.17, 15) is 14.4 Å². The molecule has 0 rings (SSSR count). The summed E-state index contributed by atoms with van der Waals surface area (Å²) in [5.74, 6) is -0.872. The monoisotopic (exact) mass is 955 g/mol. The maximum Gasteiger partial charge on any atom is 0.306 e. The Labute approximate surface area is 423 Å². The van der Waals surface area contributed by atoms with Gasteiger partial charge in [0.25, 0.3) is 0 Å². The quantitative estimate of drug-likeness (QED) is 0.0262. The molecule has 0 bridgehead atoms. The molecule has 0 radical (unpaired) electrons. The molecule has 0 aromatic rings. The highest BCUT2D eigenvalue weighted by Gasteiger charge is 2.19. The van der Waals surface area contributed by atoms with Crippen LogP contribution in [0.4, 0.5) is 0 Å². The molecule has 0 spiro atoms. The Kier molecular flexibility index (Phi) is 55.2. The molecule has 0 aliphatic heterocycles. The first-order chi connectivity index (χ1) is 33.5. The number of carbonyl (C=O) groups is 3. The van der Waals surface area contributed by atoms with Gasteiger partial charge in [-0.2, -0.15) is 0 Å². The normalized spacial score (nSPS) is 12.2. The first kappa shape index (κ1) is 65.6. The van der Waals surface area contributed by atoms with Gasteiger partial charge in [-0.1, -0.05) is 263 Å². The summed E-state index contributed by atoms with van der Waals surface area (Å²) < 4.78 is 16.9. The van der Waals surface area contributed by atoms with E-state index in [1.165, 1.54) is 199 Å². The van der Waals surface area contributed by atoms with E-state index in [0.717, 1.165) is 83.5 Å². The minimum atomic E-state index is -0.776. The largest absolute Gasteiger partial charge is 0.462 e. The molecule has 398 valence electrons. The zero-order valence-electron chi connectivity index (χ0n) is 45.6. The molecule has 0 N–H and O–H groups in total. The lowest BCUT2D eigenvalue weighted by Crippen LogP contribution is -2.30. The number of rotatable bonds is 55. The Morgan fingerprint density at radius 3 is 0.853 bits per heavy atom. The van der Waals surface area contributed by atoms with E-state index in [1.54, 1.807) is 0 Å². The molecule has 0 amide bonds. The molecule has 0 aromatic carbocycles. The first-order valence-corrected chi connectivity index (χ1v) is 30.0. The van der Waals surface area contributed by atoms with Gasteiger partial charge in [0.05, 0.1) is 0 Å². The number of esters is 3. The second-order valence-corrected chi connectivity index (χ2v) is 20.3. The zero-order chi connectivity index (χ0) is 49.3. The Hall–Kier alpha value is -2.37. The number of carbonyl (C=O) groups excluding carboxylic acids is 3. The maximum absolute atomic E-state index is 12.8. The predicted octanol–water partition coefficient (Wildman–Crippen LogP) is 20.0. The third kappa shape index (κ3) is 54.6. The van der Waals surface area contributed by atoms with Crippen molar-refractivity contribution in [3.8, 4) is 0 Å². The van der Waals surface area contributed by atoms with Gasteiger partial charge in [0, 0.05) is 19.3 Å². The van der Waals surface area contributed by atoms with Crippen LogP contribution in [-0.2, 0) is 28.6 Å². The fourth-order valence-corrected chi connectivity index (χ4v) is 8.82. The predicted molar refractivity (Wildman–Crippen MR) is 293 cm³/mol. The Morgan fingerprint density at radius 2 is 0.529 bits per heavy atom. The lowest BCUT2D eigenvalue weighted by Gasteiger charge is -2.18. The Morgan fingerprint density at radius 1 is 0.294 bits per heavy atom. The summed E-state index contributed by atoms with van der Waals surface area (Å²) >= 11 is 0. The molecule has 6 nitrogen and oxygen atoms in total. The number of allylic oxidation sites excluding steroid dienone is 6. The van der Waals surface area contributed by atoms with Crippen LogP contribution in [0.1, 0.15) is 323 Å². The highest BCUT2D eigenvalue weighted by molar-refractivity contribution is 5.71. The molecule has 0 heterocycles. The summed E-state index contributed by atoms with van der Waals surface area (Å²) in [7, 11) is 0. The SMILES string of the molecule is CCCCC/C=C\C/C=C\CCCCCCCC(=O)OC(COC(=O)CCCCCCCCCCCCCC)COC(=O)CCCCCCCCCCCCC/C=C\CCCCCCCCCC. The van der Waals surface area contributed by atoms with E-state index in [4.69, 9.17) is 14.2 Å². The molecular weight excluding hydrogens is 841 g/mol. The van der Waals surface area contributed by atoms with Crippen LogP contribution in [0.2, 0.25) is 0 Å². The van der Waals surface area contributed by atoms with E-state index in [2.05, 4.69) is 57.2 Å². The topological polar surface area (TPSA) is 78.9 Å². The minimum absolute atomic E-state index is 0.0743. The summed E-state index contributed by atoms with van der Waals surface area (Å²) in [6.07, 6.45) is 68.6. The zero-order valence-corrected chi connectivity index (χ0v) is 45.6. The van der Waals surface area contributed by atoms with E-state index >= 15 is 0 Å². The summed E-state index contributed by atoms with van der Waals surface area (Å²) in [5.41, 5.74) is 0. The molecule has 0 aromatic heterocycles. The standard InChI is InChI=1S/C62H114O6/c1-4-7-10-13-16-19-22-25-27-28-29-30-31-32-33-34-36-37-40-43-46-49-52-55-61(64)67-58-59(57-66-60(63)54-51-48-45-42-39-24-21-18-15-12-9-6-3)68-62(65)56-53-50-47-44-41-38-35-26-23-20-17-14-11-8-5-2/h17,20,26,28-29,35,59H,4-16,18-19,21-25,27,30-34,36-58H2,1-3H3/b20-17-,29-28-,35-26-. The van der Waals surface area contributed by atoms with Crippen LogP contribution in [0.5, 0.6) is 0 Å². The molecule has 0 aliphatic rings. The first-order valence-electron chi connectivity index (χ1n) is 30.0. The van der Waals surface area contributed by atoms with Gasteiger partial charge >= 0.3 is 17.9 Å². The molecule has 68 heavy (non-hydrogen) atoms. The van der Waals surface area contributed by atoms with E-state index < -0.39 is 6.10 Å². The van der Waals surface area contributed by atoms with Crippen LogP contribution in [0.3, 0.4) is 0 Å². The lowest BCUT2D eigenvalue weighted by atomic mass is 10.0. The van der Waals surface area contributed by atoms with Crippen molar-refractivity contribution in [3.05, 3.63) is 36.5 Å². The maximum atomic E-state index is 12.8. The van der Waals surface area contributed by atoms with Crippen molar-refractivity contribution in [3.63, 3.8) is 0 Å². The van der Waals surface area contributed by atoms with Crippen molar-refractivity contribution in [1.29, 1.82) is 0 Å². The van der Waals surface area contributed by atoms with Crippen LogP contribution >= 0.6 is 0 Å². The van der Waals surface area contributed by atoms with Crippen LogP contribution in [0.15, 0.2) is 36.5 Å². The van der Waals surface area contributed by atoms with Crippen LogP contribution in [0, 0.1) is 0 Å². The highest BCUT2D eigenvalue weighted by atomic mass is 16.6. The molecule has 0 saturated heterocycles. The van der Waals surface area contributed by atoms with E-state index in [0.29, 0.717) is 19.3 Å². The fourth-order valence-electron chi connectivity index (χ4n) is 8.82. The molecular formula is C62H114O6. The van der Waals surface area contributed by atoms with Crippen molar-refractivity contribution in [1.82, 2.24) is 0 Å².